The Kier molecular flexibility index (Phi) is 4.77. The summed E-state index contributed by atoms with van der Waals surface area (Å²) in [7, 11) is 0. The second kappa shape index (κ2) is 5.92. The first kappa shape index (κ1) is 15.3. The molecular formula is C12H22N4O3. The van der Waals surface area contributed by atoms with E-state index < -0.39 is 16.9 Å². The number of rotatable bonds is 6. The first-order chi connectivity index (χ1) is 8.88. The first-order valence-electron chi connectivity index (χ1n) is 6.47. The van der Waals surface area contributed by atoms with Crippen LogP contribution >= 0.6 is 0 Å². The lowest BCUT2D eigenvalue weighted by Gasteiger charge is -2.26. The van der Waals surface area contributed by atoms with Crippen LogP contribution in [0.5, 0.6) is 0 Å². The Morgan fingerprint density at radius 3 is 2.37 bits per heavy atom. The van der Waals surface area contributed by atoms with Gasteiger partial charge >= 0.3 is 5.69 Å². The molecule has 0 spiro atoms. The first-order valence-corrected chi connectivity index (χ1v) is 6.47. The van der Waals surface area contributed by atoms with Gasteiger partial charge in [0.15, 0.2) is 0 Å². The van der Waals surface area contributed by atoms with Crippen LogP contribution in [0.4, 0.5) is 11.5 Å². The maximum Gasteiger partial charge on any atom is 0.330 e. The normalized spacial score (nSPS) is 11.6. The molecule has 0 aliphatic carbocycles. The van der Waals surface area contributed by atoms with Crippen molar-refractivity contribution < 1.29 is 5.11 Å². The van der Waals surface area contributed by atoms with Crippen molar-refractivity contribution in [1.29, 1.82) is 0 Å². The average Bonchev–Trinajstić information content (AvgIpc) is 2.38. The third-order valence-electron chi connectivity index (χ3n) is 3.47. The largest absolute Gasteiger partial charge is 0.388 e. The van der Waals surface area contributed by atoms with Crippen molar-refractivity contribution in [3.8, 4) is 0 Å². The predicted octanol–water partition coefficient (Wildman–Crippen LogP) is 0.102. The molecule has 1 aromatic heterocycles. The molecule has 7 nitrogen and oxygen atoms in total. The highest BCUT2D eigenvalue weighted by atomic mass is 16.3. The number of H-pyrrole nitrogens is 1. The highest BCUT2D eigenvalue weighted by Crippen LogP contribution is 2.17. The summed E-state index contributed by atoms with van der Waals surface area (Å²) in [5.74, 6) is 0.0887. The van der Waals surface area contributed by atoms with Gasteiger partial charge in [-0.2, -0.15) is 0 Å². The van der Waals surface area contributed by atoms with E-state index in [0.29, 0.717) is 19.4 Å². The van der Waals surface area contributed by atoms with Crippen LogP contribution in [0.3, 0.4) is 0 Å². The summed E-state index contributed by atoms with van der Waals surface area (Å²) in [6.07, 6.45) is 1.11. The minimum atomic E-state index is -0.897. The van der Waals surface area contributed by atoms with Gasteiger partial charge in [-0.25, -0.2) is 4.79 Å². The van der Waals surface area contributed by atoms with Crippen LogP contribution in [0, 0.1) is 0 Å². The number of hydrogen-bond acceptors (Lipinski definition) is 5. The maximum atomic E-state index is 11.7. The number of aliphatic hydroxyl groups is 1. The average molecular weight is 270 g/mol. The van der Waals surface area contributed by atoms with Gasteiger partial charge in [-0.3, -0.25) is 14.3 Å². The van der Waals surface area contributed by atoms with E-state index in [1.165, 1.54) is 4.57 Å². The number of aromatic amines is 1. The summed E-state index contributed by atoms with van der Waals surface area (Å²) < 4.78 is 1.26. The monoisotopic (exact) mass is 270 g/mol. The number of nitrogens with two attached hydrogens (primary N) is 1. The van der Waals surface area contributed by atoms with Crippen LogP contribution < -0.4 is 22.3 Å². The molecule has 0 amide bonds. The number of nitrogen functional groups attached to an aromatic ring is 1. The fraction of sp³-hybridized carbons (Fsp3) is 0.667. The molecule has 19 heavy (non-hydrogen) atoms. The SMILES string of the molecule is CCn1c(N)c(NCC(O)(CC)CC)c(=O)[nH]c1=O. The number of hydrogen-bond donors (Lipinski definition) is 4. The van der Waals surface area contributed by atoms with Crippen molar-refractivity contribution in [1.82, 2.24) is 9.55 Å². The van der Waals surface area contributed by atoms with E-state index in [4.69, 9.17) is 5.73 Å². The molecule has 0 saturated carbocycles. The van der Waals surface area contributed by atoms with E-state index in [9.17, 15) is 14.7 Å². The van der Waals surface area contributed by atoms with Crippen LogP contribution in [0.25, 0.3) is 0 Å². The molecule has 0 bridgehead atoms. The summed E-state index contributed by atoms with van der Waals surface area (Å²) in [4.78, 5) is 25.4. The minimum absolute atomic E-state index is 0.0887. The van der Waals surface area contributed by atoms with Gasteiger partial charge in [0.1, 0.15) is 11.5 Å². The minimum Gasteiger partial charge on any atom is -0.388 e. The maximum absolute atomic E-state index is 11.7. The molecule has 1 rings (SSSR count). The van der Waals surface area contributed by atoms with Gasteiger partial charge in [0.25, 0.3) is 5.56 Å². The van der Waals surface area contributed by atoms with Gasteiger partial charge in [-0.1, -0.05) is 13.8 Å². The molecule has 7 heteroatoms. The lowest BCUT2D eigenvalue weighted by Crippen LogP contribution is -2.39. The fourth-order valence-electron chi connectivity index (χ4n) is 1.83. The van der Waals surface area contributed by atoms with E-state index in [-0.39, 0.29) is 18.1 Å². The van der Waals surface area contributed by atoms with Crippen LogP contribution in [0.1, 0.15) is 33.6 Å². The van der Waals surface area contributed by atoms with Crippen molar-refractivity contribution in [2.75, 3.05) is 17.6 Å². The Hall–Kier alpha value is -1.76. The van der Waals surface area contributed by atoms with Gasteiger partial charge in [0.2, 0.25) is 0 Å². The molecule has 0 aromatic carbocycles. The molecule has 0 atom stereocenters. The van der Waals surface area contributed by atoms with Crippen molar-refractivity contribution in [3.05, 3.63) is 20.8 Å². The smallest absolute Gasteiger partial charge is 0.330 e. The van der Waals surface area contributed by atoms with Gasteiger partial charge in [0.05, 0.1) is 5.60 Å². The van der Waals surface area contributed by atoms with E-state index in [2.05, 4.69) is 10.3 Å². The Morgan fingerprint density at radius 2 is 1.89 bits per heavy atom. The Bertz CT molecular complexity index is 543. The van der Waals surface area contributed by atoms with Crippen molar-refractivity contribution in [3.63, 3.8) is 0 Å². The van der Waals surface area contributed by atoms with Crippen molar-refractivity contribution in [2.24, 2.45) is 0 Å². The molecule has 1 heterocycles. The van der Waals surface area contributed by atoms with Crippen LogP contribution in [0.2, 0.25) is 0 Å². The molecule has 1 aromatic rings. The third kappa shape index (κ3) is 3.17. The highest BCUT2D eigenvalue weighted by Gasteiger charge is 2.23. The molecular weight excluding hydrogens is 248 g/mol. The lowest BCUT2D eigenvalue weighted by atomic mass is 9.97. The number of nitrogens with one attached hydrogen (secondary N) is 2. The zero-order valence-corrected chi connectivity index (χ0v) is 11.6. The fourth-order valence-corrected chi connectivity index (χ4v) is 1.83. The predicted molar refractivity (Wildman–Crippen MR) is 75.4 cm³/mol. The standard InChI is InChI=1S/C12H22N4O3/c1-4-12(19,5-2)7-14-8-9(13)16(6-3)11(18)15-10(8)17/h14,19H,4-7,13H2,1-3H3,(H,15,17,18). The molecule has 5 N–H and O–H groups in total. The van der Waals surface area contributed by atoms with E-state index >= 15 is 0 Å². The zero-order chi connectivity index (χ0) is 14.6. The summed E-state index contributed by atoms with van der Waals surface area (Å²) >= 11 is 0. The molecule has 0 unspecified atom stereocenters. The Labute approximate surface area is 111 Å². The topological polar surface area (TPSA) is 113 Å². The van der Waals surface area contributed by atoms with Crippen molar-refractivity contribution in [2.45, 2.75) is 45.8 Å². The van der Waals surface area contributed by atoms with E-state index in [1.54, 1.807) is 6.92 Å². The van der Waals surface area contributed by atoms with E-state index in [1.807, 2.05) is 13.8 Å². The van der Waals surface area contributed by atoms with Gasteiger partial charge in [0, 0.05) is 13.1 Å². The van der Waals surface area contributed by atoms with Crippen LogP contribution in [-0.2, 0) is 6.54 Å². The quantitative estimate of drug-likeness (QED) is 0.585. The lowest BCUT2D eigenvalue weighted by molar-refractivity contribution is 0.0457. The van der Waals surface area contributed by atoms with Crippen molar-refractivity contribution >= 4 is 11.5 Å². The number of aromatic nitrogens is 2. The molecule has 0 radical (unpaired) electrons. The van der Waals surface area contributed by atoms with E-state index in [0.717, 1.165) is 0 Å². The summed E-state index contributed by atoms with van der Waals surface area (Å²) in [6.45, 7) is 6.06. The summed E-state index contributed by atoms with van der Waals surface area (Å²) in [5, 5.41) is 13.0. The number of anilines is 2. The molecule has 108 valence electrons. The summed E-state index contributed by atoms with van der Waals surface area (Å²) in [5.41, 5.74) is 3.94. The summed E-state index contributed by atoms with van der Waals surface area (Å²) in [6, 6.07) is 0. The number of nitrogens with zero attached hydrogens (tertiary/aromatic N) is 1. The van der Waals surface area contributed by atoms with Crippen LogP contribution in [-0.4, -0.2) is 26.8 Å². The molecule has 0 aliphatic rings. The molecule has 0 saturated heterocycles. The third-order valence-corrected chi connectivity index (χ3v) is 3.47. The second-order valence-corrected chi connectivity index (χ2v) is 4.55. The van der Waals surface area contributed by atoms with Gasteiger partial charge < -0.3 is 16.2 Å². The zero-order valence-electron chi connectivity index (χ0n) is 11.6. The second-order valence-electron chi connectivity index (χ2n) is 4.55. The highest BCUT2D eigenvalue weighted by molar-refractivity contribution is 5.60. The van der Waals surface area contributed by atoms with Gasteiger partial charge in [-0.15, -0.1) is 0 Å². The molecule has 0 aliphatic heterocycles. The Morgan fingerprint density at radius 1 is 1.32 bits per heavy atom. The Balaban J connectivity index is 3.09. The molecule has 0 fully saturated rings. The van der Waals surface area contributed by atoms with Gasteiger partial charge in [-0.05, 0) is 19.8 Å². The van der Waals surface area contributed by atoms with Crippen LogP contribution in [0.15, 0.2) is 9.59 Å².